The molecule has 9 nitrogen and oxygen atoms in total. The maximum absolute atomic E-state index is 12.5. The molecule has 1 aliphatic heterocycles. The molecular formula is C41H68N3O6Pt-3. The summed E-state index contributed by atoms with van der Waals surface area (Å²) >= 11 is 0. The minimum absolute atomic E-state index is 0. The van der Waals surface area contributed by atoms with E-state index in [1.807, 2.05) is 6.92 Å². The Morgan fingerprint density at radius 1 is 0.941 bits per heavy atom. The van der Waals surface area contributed by atoms with Crippen LogP contribution in [-0.4, -0.2) is 60.8 Å². The zero-order valence-corrected chi connectivity index (χ0v) is 35.3. The number of aliphatic carboxylic acids is 1. The minimum Gasteiger partial charge on any atom is -0.676 e. The predicted molar refractivity (Wildman–Crippen MR) is 199 cm³/mol. The number of rotatable bonds is 22. The monoisotopic (exact) mass is 893 g/mol. The van der Waals surface area contributed by atoms with Crippen molar-refractivity contribution in [2.75, 3.05) is 26.2 Å². The molecule has 0 spiro atoms. The molecule has 10 heteroatoms. The molecule has 2 aliphatic rings. The average molecular weight is 894 g/mol. The molecule has 296 valence electrons. The normalized spacial score (nSPS) is 21.4. The van der Waals surface area contributed by atoms with Crippen LogP contribution >= 0.6 is 0 Å². The first kappa shape index (κ1) is 45.5. The van der Waals surface area contributed by atoms with Gasteiger partial charge in [0, 0.05) is 39.7 Å². The van der Waals surface area contributed by atoms with Crippen molar-refractivity contribution in [2.45, 2.75) is 169 Å². The summed E-state index contributed by atoms with van der Waals surface area (Å²) in [5, 5.41) is 11.4. The molecule has 51 heavy (non-hydrogen) atoms. The number of hydroxylamine groups is 1. The molecule has 1 aliphatic carbocycles. The molecule has 1 fully saturated rings. The van der Waals surface area contributed by atoms with E-state index in [4.69, 9.17) is 20.0 Å². The van der Waals surface area contributed by atoms with Gasteiger partial charge in [-0.15, -0.1) is 6.04 Å². The Morgan fingerprint density at radius 2 is 1.57 bits per heavy atom. The average Bonchev–Trinajstić information content (AvgIpc) is 3.04. The summed E-state index contributed by atoms with van der Waals surface area (Å²) in [6.07, 6.45) is 16.8. The predicted octanol–water partition coefficient (Wildman–Crippen LogP) is 8.76. The first-order valence-electron chi connectivity index (χ1n) is 19.7. The SMILES string of the molecule is Cc1c(C)c2c(c(C)c1OCCN(CC(=O)[O-])CC(=O)O[N-][C@@H]1CCCC[C@H]1[NH-])CC[C@@](C)(CCC[C@H](C)CCC[C@H](C)CCCC(C)C)O2.[Pt]. The van der Waals surface area contributed by atoms with E-state index in [1.54, 1.807) is 0 Å². The molecule has 1 heterocycles. The van der Waals surface area contributed by atoms with Crippen molar-refractivity contribution in [3.8, 4) is 11.5 Å². The van der Waals surface area contributed by atoms with Crippen molar-refractivity contribution >= 4 is 11.9 Å². The van der Waals surface area contributed by atoms with Crippen molar-refractivity contribution < 1.29 is 50.1 Å². The topological polar surface area (TPSA) is 126 Å². The Kier molecular flexibility index (Phi) is 20.1. The van der Waals surface area contributed by atoms with Gasteiger partial charge in [-0.1, -0.05) is 98.3 Å². The van der Waals surface area contributed by atoms with Crippen LogP contribution in [0.25, 0.3) is 11.2 Å². The van der Waals surface area contributed by atoms with Crippen molar-refractivity contribution in [2.24, 2.45) is 17.8 Å². The number of benzene rings is 1. The van der Waals surface area contributed by atoms with Crippen molar-refractivity contribution in [1.82, 2.24) is 4.90 Å². The van der Waals surface area contributed by atoms with E-state index in [0.29, 0.717) is 0 Å². The van der Waals surface area contributed by atoms with E-state index < -0.39 is 18.5 Å². The standard InChI is InChI=1S/C41H69N3O6.Pt/c1-28(2)14-11-15-29(3)16-12-17-30(4)18-13-22-41(8)23-21-34-33(7)39(31(5)32(6)40(34)49-41)48-25-24-44(26-37(45)46)27-38(47)50-43-36-20-10-9-19-35(36)42;/h28-30,35-36,42H,9-27H2,1-8H3,(H,45,46);/q-2;/p-1/t29-,30-,35-,36-,41-;/m1./s1. The number of hydrogen-bond donors (Lipinski definition) is 0. The fourth-order valence-electron chi connectivity index (χ4n) is 7.73. The van der Waals surface area contributed by atoms with Crippen molar-refractivity contribution in [3.63, 3.8) is 0 Å². The van der Waals surface area contributed by atoms with Gasteiger partial charge in [0.1, 0.15) is 23.7 Å². The third-order valence-electron chi connectivity index (χ3n) is 11.2. The number of fused-ring (bicyclic) bond motifs is 1. The van der Waals surface area contributed by atoms with Gasteiger partial charge in [0.2, 0.25) is 0 Å². The van der Waals surface area contributed by atoms with E-state index in [-0.39, 0.29) is 58.4 Å². The van der Waals surface area contributed by atoms with Crippen LogP contribution in [0.15, 0.2) is 0 Å². The number of hydrogen-bond acceptors (Lipinski definition) is 7. The van der Waals surface area contributed by atoms with E-state index in [1.165, 1.54) is 61.8 Å². The van der Waals surface area contributed by atoms with Crippen LogP contribution in [0.3, 0.4) is 0 Å². The summed E-state index contributed by atoms with van der Waals surface area (Å²) in [6.45, 7) is 17.7. The minimum atomic E-state index is -1.28. The summed E-state index contributed by atoms with van der Waals surface area (Å²) in [4.78, 5) is 30.5. The molecule has 0 saturated heterocycles. The number of carbonyl (C=O) groups excluding carboxylic acids is 2. The van der Waals surface area contributed by atoms with Crippen LogP contribution in [0.5, 0.6) is 11.5 Å². The van der Waals surface area contributed by atoms with Crippen LogP contribution in [-0.2, 0) is 41.9 Å². The molecule has 0 amide bonds. The van der Waals surface area contributed by atoms with Gasteiger partial charge >= 0.3 is 5.97 Å². The van der Waals surface area contributed by atoms with Crippen LogP contribution in [0, 0.1) is 38.5 Å². The summed E-state index contributed by atoms with van der Waals surface area (Å²) in [5.74, 6) is 2.24. The van der Waals surface area contributed by atoms with E-state index >= 15 is 0 Å². The summed E-state index contributed by atoms with van der Waals surface area (Å²) in [5.41, 5.74) is 16.2. The molecular weight excluding hydrogens is 826 g/mol. The zero-order valence-electron chi connectivity index (χ0n) is 33.0. The number of carboxylic acid groups (broad SMARTS) is 1. The maximum atomic E-state index is 12.5. The van der Waals surface area contributed by atoms with Gasteiger partial charge in [0.05, 0.1) is 12.5 Å². The number of nitrogens with zero attached hydrogens (tertiary/aromatic N) is 2. The van der Waals surface area contributed by atoms with Gasteiger partial charge in [-0.25, -0.2) is 0 Å². The quantitative estimate of drug-likeness (QED) is 0.107. The van der Waals surface area contributed by atoms with Crippen LogP contribution in [0.1, 0.15) is 147 Å². The molecule has 0 aromatic heterocycles. The zero-order chi connectivity index (χ0) is 36.8. The fourth-order valence-corrected chi connectivity index (χ4v) is 7.73. The maximum Gasteiger partial charge on any atom is 0.305 e. The van der Waals surface area contributed by atoms with E-state index in [2.05, 4.69) is 53.9 Å². The Bertz CT molecular complexity index is 1230. The second kappa shape index (κ2) is 22.5. The molecule has 1 aromatic rings. The second-order valence-corrected chi connectivity index (χ2v) is 16.4. The summed E-state index contributed by atoms with van der Waals surface area (Å²) in [7, 11) is 0. The first-order valence-corrected chi connectivity index (χ1v) is 19.7. The van der Waals surface area contributed by atoms with Crippen LogP contribution in [0.2, 0.25) is 0 Å². The van der Waals surface area contributed by atoms with Crippen LogP contribution in [0.4, 0.5) is 0 Å². The smallest absolute Gasteiger partial charge is 0.305 e. The Balaban J connectivity index is 0.00000901. The van der Waals surface area contributed by atoms with Gasteiger partial charge in [0.15, 0.2) is 0 Å². The molecule has 3 rings (SSSR count). The summed E-state index contributed by atoms with van der Waals surface area (Å²) < 4.78 is 13.1. The van der Waals surface area contributed by atoms with E-state index in [9.17, 15) is 14.7 Å². The van der Waals surface area contributed by atoms with Crippen molar-refractivity contribution in [1.29, 1.82) is 0 Å². The fraction of sp³-hybridized carbons (Fsp3) is 0.805. The molecule has 1 aromatic carbocycles. The Morgan fingerprint density at radius 3 is 2.20 bits per heavy atom. The molecule has 5 atom stereocenters. The van der Waals surface area contributed by atoms with Crippen molar-refractivity contribution in [3.05, 3.63) is 33.5 Å². The number of ether oxygens (including phenoxy) is 2. The third-order valence-corrected chi connectivity index (χ3v) is 11.2. The van der Waals surface area contributed by atoms with Gasteiger partial charge < -0.3 is 35.4 Å². The van der Waals surface area contributed by atoms with Gasteiger partial charge in [-0.05, 0) is 87.8 Å². The Hall–Kier alpha value is -1.67. The molecule has 0 bridgehead atoms. The first-order chi connectivity index (χ1) is 23.7. The van der Waals surface area contributed by atoms with E-state index in [0.717, 1.165) is 90.9 Å². The van der Waals surface area contributed by atoms with Gasteiger partial charge in [-0.2, -0.15) is 6.04 Å². The number of nitrogens with one attached hydrogen (secondary N) is 1. The largest absolute Gasteiger partial charge is 0.676 e. The third kappa shape index (κ3) is 15.3. The molecule has 0 unspecified atom stereocenters. The van der Waals surface area contributed by atoms with Crippen LogP contribution < -0.4 is 14.6 Å². The van der Waals surface area contributed by atoms with Gasteiger partial charge in [-0.3, -0.25) is 9.69 Å². The summed E-state index contributed by atoms with van der Waals surface area (Å²) in [6, 6.07) is -0.700. The number of carboxylic acids is 1. The Labute approximate surface area is 324 Å². The molecule has 1 saturated carbocycles. The molecule has 1 N–H and O–H groups in total. The second-order valence-electron chi connectivity index (χ2n) is 16.4. The molecule has 0 radical (unpaired) electrons. The number of carbonyl (C=O) groups is 2. The van der Waals surface area contributed by atoms with Gasteiger partial charge in [0.25, 0.3) is 0 Å².